The van der Waals surface area contributed by atoms with Gasteiger partial charge in [-0.25, -0.2) is 0 Å². The summed E-state index contributed by atoms with van der Waals surface area (Å²) < 4.78 is 0. The molecule has 3 radical (unpaired) electrons. The molecule has 0 aliphatic carbocycles. The molecule has 15 heteroatoms. The molecule has 0 aromatic heterocycles. The number of aliphatic hydroxyl groups excluding tert-OH is 2. The molecule has 0 saturated heterocycles. The van der Waals surface area contributed by atoms with Gasteiger partial charge in [0.15, 0.2) is 0 Å². The summed E-state index contributed by atoms with van der Waals surface area (Å²) in [6.07, 6.45) is 4.04. The summed E-state index contributed by atoms with van der Waals surface area (Å²) in [5.41, 5.74) is 0. The van der Waals surface area contributed by atoms with E-state index in [9.17, 15) is 19.2 Å². The second-order valence-corrected chi connectivity index (χ2v) is 4.82. The maximum Gasteiger partial charge on any atom is 0.314 e. The average molecular weight is 671 g/mol. The van der Waals surface area contributed by atoms with Gasteiger partial charge in [0.05, 0.1) is 0 Å². The van der Waals surface area contributed by atoms with Crippen molar-refractivity contribution in [2.24, 2.45) is 0 Å². The molecule has 30 heavy (non-hydrogen) atoms. The van der Waals surface area contributed by atoms with E-state index in [-0.39, 0.29) is 135 Å². The van der Waals surface area contributed by atoms with Crippen molar-refractivity contribution in [3.05, 3.63) is 0 Å². The molecule has 0 aromatic rings. The molecule has 12 nitrogen and oxygen atoms in total. The molecule has 0 bridgehead atoms. The summed E-state index contributed by atoms with van der Waals surface area (Å²) in [5, 5.41) is 48.3. The summed E-state index contributed by atoms with van der Waals surface area (Å²) in [4.78, 5) is 38.7. The maximum atomic E-state index is 9.90. The molecule has 0 aromatic carbocycles. The predicted octanol–water partition coefficient (Wildman–Crippen LogP) is -0.864. The summed E-state index contributed by atoms with van der Waals surface area (Å²) in [6, 6.07) is 0. The number of carboxylic acids is 4. The predicted molar refractivity (Wildman–Crippen MR) is 93.5 cm³/mol. The van der Waals surface area contributed by atoms with Crippen molar-refractivity contribution in [3.63, 3.8) is 0 Å². The Bertz CT molecular complexity index is 350. The van der Waals surface area contributed by atoms with Crippen molar-refractivity contribution in [1.29, 1.82) is 0 Å². The molecule has 173 valence electrons. The fourth-order valence-corrected chi connectivity index (χ4v) is 1.26. The van der Waals surface area contributed by atoms with Gasteiger partial charge in [0.2, 0.25) is 0 Å². The minimum atomic E-state index is -1.31. The van der Waals surface area contributed by atoms with Crippen molar-refractivity contribution in [1.82, 2.24) is 0 Å². The smallest absolute Gasteiger partial charge is 0.314 e. The number of carboxylic acid groups (broad SMARTS) is 4. The largest absolute Gasteiger partial charge is 0.481 e. The van der Waals surface area contributed by atoms with Gasteiger partial charge in [-0.15, -0.1) is 0 Å². The van der Waals surface area contributed by atoms with Gasteiger partial charge in [-0.3, -0.25) is 19.2 Å². The normalized spacial score (nSPS) is 7.53. The monoisotopic (exact) mass is 671 g/mol. The Balaban J connectivity index is -0.0000000375. The number of carbonyl (C=O) groups is 4. The third-order valence-corrected chi connectivity index (χ3v) is 2.40. The van der Waals surface area contributed by atoms with Crippen molar-refractivity contribution < 1.29 is 159 Å². The minimum absolute atomic E-state index is 0. The van der Waals surface area contributed by atoms with E-state index in [1.807, 2.05) is 0 Å². The summed E-state index contributed by atoms with van der Waals surface area (Å²) >= 11 is 0. The third-order valence-electron chi connectivity index (χ3n) is 2.40. The first-order valence-electron chi connectivity index (χ1n) is 7.76. The van der Waals surface area contributed by atoms with Gasteiger partial charge in [-0.05, 0) is 25.7 Å². The first-order valence-corrected chi connectivity index (χ1v) is 7.76. The zero-order valence-corrected chi connectivity index (χ0v) is 25.3. The fraction of sp³-hybridized carbons (Fsp3) is 0.733. The molecular weight excluding hydrogens is 639 g/mol. The van der Waals surface area contributed by atoms with Crippen LogP contribution in [0.2, 0.25) is 0 Å². The Labute approximate surface area is 250 Å². The molecule has 0 spiro atoms. The molecule has 0 fully saturated rings. The van der Waals surface area contributed by atoms with Crippen molar-refractivity contribution in [2.75, 3.05) is 13.2 Å². The van der Waals surface area contributed by atoms with Crippen LogP contribution in [0.1, 0.15) is 57.8 Å². The molecule has 0 unspecified atom stereocenters. The Morgan fingerprint density at radius 3 is 0.867 bits per heavy atom. The Morgan fingerprint density at radius 1 is 0.467 bits per heavy atom. The van der Waals surface area contributed by atoms with Crippen LogP contribution in [0.4, 0.5) is 0 Å². The maximum absolute atomic E-state index is 9.90. The Kier molecular flexibility index (Phi) is 77.1. The number of hydrogen-bond donors (Lipinski definition) is 6. The summed E-state index contributed by atoms with van der Waals surface area (Å²) in [6.45, 7) is 0.333. The molecule has 0 saturated carbocycles. The molecule has 0 heterocycles. The van der Waals surface area contributed by atoms with E-state index < -0.39 is 30.3 Å². The molecule has 0 aliphatic heterocycles. The van der Waals surface area contributed by atoms with Crippen LogP contribution < -0.4 is 0 Å². The first-order chi connectivity index (χ1) is 11.7. The number of rotatable bonds is 12. The molecule has 0 amide bonds. The topological polar surface area (TPSA) is 253 Å². The van der Waals surface area contributed by atoms with Crippen LogP contribution in [0.25, 0.3) is 0 Å². The van der Waals surface area contributed by atoms with Crippen LogP contribution >= 0.6 is 0 Å². The summed E-state index contributed by atoms with van der Waals surface area (Å²) in [5.74, 6) is -4.14. The molecular formula is C15H32O12Y3. The quantitative estimate of drug-likeness (QED) is 0.111. The number of hydrogen-bond acceptors (Lipinski definition) is 6. The number of aliphatic hydroxyl groups is 2. The van der Waals surface area contributed by atoms with Crippen LogP contribution in [0.15, 0.2) is 0 Å². The third kappa shape index (κ3) is 78.6. The van der Waals surface area contributed by atoms with Crippen LogP contribution in [-0.4, -0.2) is 78.7 Å². The van der Waals surface area contributed by atoms with E-state index in [0.29, 0.717) is 25.7 Å². The minimum Gasteiger partial charge on any atom is -0.481 e. The van der Waals surface area contributed by atoms with E-state index in [4.69, 9.17) is 30.6 Å². The van der Waals surface area contributed by atoms with Crippen molar-refractivity contribution in [2.45, 2.75) is 57.8 Å². The van der Waals surface area contributed by atoms with Crippen molar-refractivity contribution in [3.8, 4) is 0 Å². The van der Waals surface area contributed by atoms with Gasteiger partial charge in [0.25, 0.3) is 0 Å². The summed E-state index contributed by atoms with van der Waals surface area (Å²) in [7, 11) is 0. The van der Waals surface area contributed by atoms with E-state index >= 15 is 0 Å². The first kappa shape index (κ1) is 52.8. The van der Waals surface area contributed by atoms with Gasteiger partial charge in [-0.1, -0.05) is 12.8 Å². The second kappa shape index (κ2) is 43.8. The molecule has 0 atom stereocenters. The van der Waals surface area contributed by atoms with E-state index in [1.54, 1.807) is 0 Å². The fourth-order valence-electron chi connectivity index (χ4n) is 1.26. The van der Waals surface area contributed by atoms with Gasteiger partial charge >= 0.3 is 23.9 Å². The van der Waals surface area contributed by atoms with Gasteiger partial charge < -0.3 is 41.6 Å². The molecule has 0 aliphatic rings. The van der Waals surface area contributed by atoms with Crippen LogP contribution in [0.5, 0.6) is 0 Å². The van der Waals surface area contributed by atoms with Crippen molar-refractivity contribution >= 4 is 23.9 Å². The van der Waals surface area contributed by atoms with E-state index in [1.165, 1.54) is 0 Å². The second-order valence-electron chi connectivity index (χ2n) is 4.82. The molecule has 0 rings (SSSR count). The standard InChI is InChI=1S/2C6H12O3.C3H4O4.2H2O.3Y/c2*7-5-3-1-2-4-6(8)9;4-2(5)1-3(6)7;;;;;/h2*7H,1-5H2,(H,8,9);1H2,(H,4,5)(H,6,7);2*1H2;;;. The van der Waals surface area contributed by atoms with E-state index in [2.05, 4.69) is 0 Å². The SMILES string of the molecule is O.O.O=C(O)CC(=O)O.O=C(O)CCCCCO.O=C(O)CCCCCO.[Y].[Y].[Y]. The van der Waals surface area contributed by atoms with Crippen LogP contribution in [0.3, 0.4) is 0 Å². The van der Waals surface area contributed by atoms with Gasteiger partial charge in [0.1, 0.15) is 6.42 Å². The van der Waals surface area contributed by atoms with Gasteiger partial charge in [0, 0.05) is 124 Å². The van der Waals surface area contributed by atoms with Gasteiger partial charge in [-0.2, -0.15) is 0 Å². The Hall–Kier alpha value is 1.03. The zero-order valence-electron chi connectivity index (χ0n) is 16.8. The number of unbranched alkanes of at least 4 members (excludes halogenated alkanes) is 4. The average Bonchev–Trinajstić information content (AvgIpc) is 2.48. The number of aliphatic carboxylic acids is 4. The van der Waals surface area contributed by atoms with Crippen LogP contribution in [0, 0.1) is 0 Å². The molecule has 10 N–H and O–H groups in total. The van der Waals surface area contributed by atoms with E-state index in [0.717, 1.165) is 12.8 Å². The zero-order chi connectivity index (χ0) is 20.1. The van der Waals surface area contributed by atoms with Crippen LogP contribution in [-0.2, 0) is 117 Å². The Morgan fingerprint density at radius 2 is 0.733 bits per heavy atom.